The second-order valence-corrected chi connectivity index (χ2v) is 3.31. The number of nitrogens with zero attached hydrogens (tertiary/aromatic N) is 1. The smallest absolute Gasteiger partial charge is 0.366 e. The highest BCUT2D eigenvalue weighted by Gasteiger charge is 2.29. The van der Waals surface area contributed by atoms with Gasteiger partial charge in [-0.2, -0.15) is 13.2 Å². The van der Waals surface area contributed by atoms with Crippen molar-refractivity contribution < 1.29 is 13.2 Å². The Morgan fingerprint density at radius 1 is 1.14 bits per heavy atom. The van der Waals surface area contributed by atoms with Crippen molar-refractivity contribution in [3.05, 3.63) is 29.8 Å². The number of hydrogen-bond donors (Lipinski definition) is 0. The van der Waals surface area contributed by atoms with E-state index in [1.165, 1.54) is 11.9 Å². The van der Waals surface area contributed by atoms with Crippen LogP contribution in [0.2, 0.25) is 0 Å². The first-order valence-corrected chi connectivity index (χ1v) is 4.23. The van der Waals surface area contributed by atoms with Crippen molar-refractivity contribution in [1.82, 2.24) is 0 Å². The predicted molar refractivity (Wildman–Crippen MR) is 50.5 cm³/mol. The molecule has 0 unspecified atom stereocenters. The summed E-state index contributed by atoms with van der Waals surface area (Å²) in [7, 11) is 1.43. The SMILES string of the molecule is Cc1ccc(N(C)CC(F)(F)F)cc1. The molecule has 0 aliphatic carbocycles. The van der Waals surface area contributed by atoms with Crippen molar-refractivity contribution in [3.63, 3.8) is 0 Å². The molecule has 0 saturated heterocycles. The summed E-state index contributed by atoms with van der Waals surface area (Å²) >= 11 is 0. The lowest BCUT2D eigenvalue weighted by atomic mass is 10.2. The fourth-order valence-corrected chi connectivity index (χ4v) is 1.16. The molecule has 0 amide bonds. The molecule has 0 atom stereocenters. The zero-order valence-electron chi connectivity index (χ0n) is 8.10. The van der Waals surface area contributed by atoms with E-state index < -0.39 is 12.7 Å². The number of hydrogen-bond acceptors (Lipinski definition) is 1. The molecule has 0 heterocycles. The lowest BCUT2D eigenvalue weighted by Crippen LogP contribution is -2.30. The quantitative estimate of drug-likeness (QED) is 0.714. The molecule has 1 aromatic rings. The molecule has 1 rings (SSSR count). The highest BCUT2D eigenvalue weighted by atomic mass is 19.4. The number of halogens is 3. The molecule has 0 bridgehead atoms. The Labute approximate surface area is 81.1 Å². The maximum absolute atomic E-state index is 12.0. The van der Waals surface area contributed by atoms with Crippen molar-refractivity contribution >= 4 is 5.69 Å². The first-order chi connectivity index (χ1) is 6.38. The number of aryl methyl sites for hydroxylation is 1. The Kier molecular flexibility index (Phi) is 3.03. The third-order valence-electron chi connectivity index (χ3n) is 1.89. The number of anilines is 1. The van der Waals surface area contributed by atoms with Gasteiger partial charge in [-0.25, -0.2) is 0 Å². The minimum Gasteiger partial charge on any atom is -0.366 e. The average molecular weight is 203 g/mol. The van der Waals surface area contributed by atoms with Crippen molar-refractivity contribution in [2.45, 2.75) is 13.1 Å². The highest BCUT2D eigenvalue weighted by Crippen LogP contribution is 2.20. The second-order valence-electron chi connectivity index (χ2n) is 3.31. The normalized spacial score (nSPS) is 11.5. The van der Waals surface area contributed by atoms with Crippen LogP contribution >= 0.6 is 0 Å². The molecule has 0 aliphatic heterocycles. The topological polar surface area (TPSA) is 3.24 Å². The van der Waals surface area contributed by atoms with E-state index >= 15 is 0 Å². The van der Waals surface area contributed by atoms with Crippen LogP contribution in [0.5, 0.6) is 0 Å². The molecule has 4 heteroatoms. The van der Waals surface area contributed by atoms with Crippen LogP contribution in [0.15, 0.2) is 24.3 Å². The molecule has 14 heavy (non-hydrogen) atoms. The summed E-state index contributed by atoms with van der Waals surface area (Å²) in [4.78, 5) is 1.18. The Balaban J connectivity index is 2.70. The molecule has 1 nitrogen and oxygen atoms in total. The molecular formula is C10H12F3N. The van der Waals surface area contributed by atoms with Gasteiger partial charge in [0.05, 0.1) is 0 Å². The summed E-state index contributed by atoms with van der Waals surface area (Å²) in [5.74, 6) is 0. The van der Waals surface area contributed by atoms with Gasteiger partial charge in [-0.15, -0.1) is 0 Å². The number of benzene rings is 1. The first kappa shape index (κ1) is 10.9. The number of rotatable bonds is 2. The van der Waals surface area contributed by atoms with Crippen LogP contribution in [0.1, 0.15) is 5.56 Å². The van der Waals surface area contributed by atoms with E-state index in [1.807, 2.05) is 6.92 Å². The van der Waals surface area contributed by atoms with Gasteiger partial charge in [-0.1, -0.05) is 17.7 Å². The maximum Gasteiger partial charge on any atom is 0.405 e. The maximum atomic E-state index is 12.0. The van der Waals surface area contributed by atoms with Crippen LogP contribution in [-0.2, 0) is 0 Å². The van der Waals surface area contributed by atoms with Gasteiger partial charge in [0.25, 0.3) is 0 Å². The Morgan fingerprint density at radius 2 is 1.64 bits per heavy atom. The van der Waals surface area contributed by atoms with E-state index in [0.29, 0.717) is 5.69 Å². The molecule has 78 valence electrons. The summed E-state index contributed by atoms with van der Waals surface area (Å²) in [6.07, 6.45) is -4.15. The molecule has 0 aromatic heterocycles. The van der Waals surface area contributed by atoms with E-state index in [4.69, 9.17) is 0 Å². The Hall–Kier alpha value is -1.19. The second kappa shape index (κ2) is 3.90. The molecule has 0 fully saturated rings. The van der Waals surface area contributed by atoms with Gasteiger partial charge in [0.1, 0.15) is 6.54 Å². The van der Waals surface area contributed by atoms with Crippen LogP contribution in [0.3, 0.4) is 0 Å². The van der Waals surface area contributed by atoms with Crippen LogP contribution < -0.4 is 4.90 Å². The van der Waals surface area contributed by atoms with Crippen LogP contribution in [0.4, 0.5) is 18.9 Å². The van der Waals surface area contributed by atoms with Gasteiger partial charge < -0.3 is 4.90 Å². The summed E-state index contributed by atoms with van der Waals surface area (Å²) < 4.78 is 36.1. The van der Waals surface area contributed by atoms with E-state index in [1.54, 1.807) is 24.3 Å². The average Bonchev–Trinajstić information content (AvgIpc) is 2.02. The Bertz CT molecular complexity index is 289. The lowest BCUT2D eigenvalue weighted by Gasteiger charge is -2.20. The molecular weight excluding hydrogens is 191 g/mol. The van der Waals surface area contributed by atoms with Gasteiger partial charge >= 0.3 is 6.18 Å². The largest absolute Gasteiger partial charge is 0.405 e. The minimum absolute atomic E-state index is 0.577. The fraction of sp³-hybridized carbons (Fsp3) is 0.400. The van der Waals surface area contributed by atoms with Gasteiger partial charge in [-0.3, -0.25) is 0 Å². The Morgan fingerprint density at radius 3 is 2.07 bits per heavy atom. The van der Waals surface area contributed by atoms with E-state index in [0.717, 1.165) is 5.56 Å². The van der Waals surface area contributed by atoms with Crippen molar-refractivity contribution in [2.75, 3.05) is 18.5 Å². The predicted octanol–water partition coefficient (Wildman–Crippen LogP) is 2.99. The summed E-state index contributed by atoms with van der Waals surface area (Å²) in [6, 6.07) is 6.95. The van der Waals surface area contributed by atoms with Crippen LogP contribution in [0.25, 0.3) is 0 Å². The molecule has 1 aromatic carbocycles. The van der Waals surface area contributed by atoms with Crippen LogP contribution in [-0.4, -0.2) is 19.8 Å². The number of alkyl halides is 3. The molecule has 0 saturated carbocycles. The van der Waals surface area contributed by atoms with Gasteiger partial charge in [0.2, 0.25) is 0 Å². The molecule has 0 aliphatic rings. The van der Waals surface area contributed by atoms with Crippen LogP contribution in [0, 0.1) is 6.92 Å². The third kappa shape index (κ3) is 3.28. The van der Waals surface area contributed by atoms with E-state index in [-0.39, 0.29) is 0 Å². The lowest BCUT2D eigenvalue weighted by molar-refractivity contribution is -0.119. The van der Waals surface area contributed by atoms with Gasteiger partial charge in [0, 0.05) is 12.7 Å². The van der Waals surface area contributed by atoms with Crippen molar-refractivity contribution in [1.29, 1.82) is 0 Å². The highest BCUT2D eigenvalue weighted by molar-refractivity contribution is 5.46. The zero-order valence-corrected chi connectivity index (χ0v) is 8.10. The summed E-state index contributed by atoms with van der Waals surface area (Å²) in [5.41, 5.74) is 1.61. The zero-order chi connectivity index (χ0) is 10.8. The molecule has 0 N–H and O–H groups in total. The first-order valence-electron chi connectivity index (χ1n) is 4.23. The standard InChI is InChI=1S/C10H12F3N/c1-8-3-5-9(6-4-8)14(2)7-10(11,12)13/h3-6H,7H2,1-2H3. The monoisotopic (exact) mass is 203 g/mol. The fourth-order valence-electron chi connectivity index (χ4n) is 1.16. The van der Waals surface area contributed by atoms with Crippen molar-refractivity contribution in [2.24, 2.45) is 0 Å². The van der Waals surface area contributed by atoms with Gasteiger partial charge in [0.15, 0.2) is 0 Å². The molecule has 0 radical (unpaired) electrons. The third-order valence-corrected chi connectivity index (χ3v) is 1.89. The summed E-state index contributed by atoms with van der Waals surface area (Å²) in [6.45, 7) is 0.976. The van der Waals surface area contributed by atoms with E-state index in [2.05, 4.69) is 0 Å². The molecule has 0 spiro atoms. The van der Waals surface area contributed by atoms with Gasteiger partial charge in [-0.05, 0) is 19.1 Å². The summed E-state index contributed by atoms with van der Waals surface area (Å²) in [5, 5.41) is 0. The van der Waals surface area contributed by atoms with E-state index in [9.17, 15) is 13.2 Å². The minimum atomic E-state index is -4.15. The van der Waals surface area contributed by atoms with Crippen molar-refractivity contribution in [3.8, 4) is 0 Å².